The third kappa shape index (κ3) is 3.31. The van der Waals surface area contributed by atoms with Gasteiger partial charge in [0.25, 0.3) is 0 Å². The topological polar surface area (TPSA) is 29.1 Å². The molecule has 0 radical (unpaired) electrons. The second-order valence-corrected chi connectivity index (χ2v) is 6.05. The monoisotopic (exact) mass is 237 g/mol. The average Bonchev–Trinajstić information content (AvgIpc) is 2.67. The zero-order chi connectivity index (χ0) is 12.3. The summed E-state index contributed by atoms with van der Waals surface area (Å²) in [6.45, 7) is 4.99. The van der Waals surface area contributed by atoms with Crippen LogP contribution in [0.15, 0.2) is 0 Å². The first-order valence-electron chi connectivity index (χ1n) is 7.49. The molecule has 2 aliphatic carbocycles. The molecule has 3 unspecified atom stereocenters. The third-order valence-electron chi connectivity index (χ3n) is 4.74. The zero-order valence-corrected chi connectivity index (χ0v) is 11.4. The van der Waals surface area contributed by atoms with Crippen LogP contribution in [-0.2, 0) is 4.79 Å². The standard InChI is InChI=1S/C15H27NO/c1-3-15(17)14(16-4-2)10-13-8-11-5-6-12(7-11)9-13/h11-14,16H,3-10H2,1-2H3. The summed E-state index contributed by atoms with van der Waals surface area (Å²) < 4.78 is 0. The Bertz CT molecular complexity index is 252. The van der Waals surface area contributed by atoms with Gasteiger partial charge < -0.3 is 5.32 Å². The summed E-state index contributed by atoms with van der Waals surface area (Å²) >= 11 is 0. The zero-order valence-electron chi connectivity index (χ0n) is 11.4. The van der Waals surface area contributed by atoms with E-state index in [1.54, 1.807) is 0 Å². The highest BCUT2D eigenvalue weighted by atomic mass is 16.1. The Morgan fingerprint density at radius 1 is 1.18 bits per heavy atom. The van der Waals surface area contributed by atoms with E-state index in [0.29, 0.717) is 12.2 Å². The summed E-state index contributed by atoms with van der Waals surface area (Å²) in [6, 6.07) is 0.132. The molecule has 98 valence electrons. The van der Waals surface area contributed by atoms with Crippen LogP contribution in [-0.4, -0.2) is 18.4 Å². The first-order valence-corrected chi connectivity index (χ1v) is 7.49. The number of Topliss-reactive ketones (excluding diaryl/α,β-unsaturated/α-hetero) is 1. The Morgan fingerprint density at radius 2 is 1.82 bits per heavy atom. The molecule has 0 heterocycles. The normalized spacial score (nSPS) is 33.6. The van der Waals surface area contributed by atoms with E-state index in [0.717, 1.165) is 30.7 Å². The van der Waals surface area contributed by atoms with Gasteiger partial charge in [0, 0.05) is 6.42 Å². The summed E-state index contributed by atoms with van der Waals surface area (Å²) in [5.74, 6) is 3.18. The van der Waals surface area contributed by atoms with Gasteiger partial charge in [0.05, 0.1) is 6.04 Å². The maximum absolute atomic E-state index is 11.9. The lowest BCUT2D eigenvalue weighted by atomic mass is 9.77. The van der Waals surface area contributed by atoms with Gasteiger partial charge in [-0.05, 0) is 50.0 Å². The Kier molecular flexibility index (Phi) is 4.61. The van der Waals surface area contributed by atoms with Crippen molar-refractivity contribution in [1.29, 1.82) is 0 Å². The molecule has 0 aromatic heterocycles. The fourth-order valence-corrected chi connectivity index (χ4v) is 3.99. The van der Waals surface area contributed by atoms with Gasteiger partial charge in [-0.15, -0.1) is 0 Å². The molecule has 2 saturated carbocycles. The van der Waals surface area contributed by atoms with Crippen LogP contribution >= 0.6 is 0 Å². The van der Waals surface area contributed by atoms with Crippen molar-refractivity contribution in [3.05, 3.63) is 0 Å². The SMILES string of the molecule is CCNC(CC1CC2CCC(C2)C1)C(=O)CC. The summed E-state index contributed by atoms with van der Waals surface area (Å²) in [6.07, 6.45) is 8.92. The molecule has 17 heavy (non-hydrogen) atoms. The highest BCUT2D eigenvalue weighted by Gasteiger charge is 2.35. The van der Waals surface area contributed by atoms with Gasteiger partial charge in [-0.3, -0.25) is 4.79 Å². The van der Waals surface area contributed by atoms with Gasteiger partial charge in [0.15, 0.2) is 0 Å². The van der Waals surface area contributed by atoms with Crippen LogP contribution in [0.4, 0.5) is 0 Å². The largest absolute Gasteiger partial charge is 0.308 e. The number of nitrogens with one attached hydrogen (secondary N) is 1. The number of hydrogen-bond acceptors (Lipinski definition) is 2. The van der Waals surface area contributed by atoms with E-state index in [1.807, 2.05) is 6.92 Å². The summed E-state index contributed by atoms with van der Waals surface area (Å²) in [7, 11) is 0. The van der Waals surface area contributed by atoms with Crippen LogP contribution in [0.1, 0.15) is 58.8 Å². The van der Waals surface area contributed by atoms with Crippen molar-refractivity contribution in [2.75, 3.05) is 6.54 Å². The van der Waals surface area contributed by atoms with Crippen molar-refractivity contribution >= 4 is 5.78 Å². The predicted octanol–water partition coefficient (Wildman–Crippen LogP) is 3.16. The average molecular weight is 237 g/mol. The van der Waals surface area contributed by atoms with Crippen LogP contribution in [0.2, 0.25) is 0 Å². The smallest absolute Gasteiger partial charge is 0.149 e. The summed E-state index contributed by atoms with van der Waals surface area (Å²) in [5, 5.41) is 3.38. The molecule has 0 aromatic carbocycles. The number of likely N-dealkylation sites (N-methyl/N-ethyl adjacent to an activating group) is 1. The maximum Gasteiger partial charge on any atom is 0.149 e. The Morgan fingerprint density at radius 3 is 2.35 bits per heavy atom. The molecule has 2 nitrogen and oxygen atoms in total. The van der Waals surface area contributed by atoms with E-state index in [2.05, 4.69) is 12.2 Å². The first kappa shape index (κ1) is 13.1. The highest BCUT2D eigenvalue weighted by Crippen LogP contribution is 2.45. The van der Waals surface area contributed by atoms with Gasteiger partial charge in [0.1, 0.15) is 5.78 Å². The lowest BCUT2D eigenvalue weighted by Gasteiger charge is -2.30. The molecule has 0 saturated heterocycles. The fraction of sp³-hybridized carbons (Fsp3) is 0.933. The van der Waals surface area contributed by atoms with Crippen molar-refractivity contribution in [3.63, 3.8) is 0 Å². The second kappa shape index (κ2) is 5.99. The lowest BCUT2D eigenvalue weighted by Crippen LogP contribution is -2.38. The number of hydrogen-bond donors (Lipinski definition) is 1. The molecule has 0 spiro atoms. The van der Waals surface area contributed by atoms with Gasteiger partial charge in [-0.2, -0.15) is 0 Å². The molecule has 0 aromatic rings. The van der Waals surface area contributed by atoms with Gasteiger partial charge >= 0.3 is 0 Å². The Balaban J connectivity index is 1.87. The molecular weight excluding hydrogens is 210 g/mol. The second-order valence-electron chi connectivity index (χ2n) is 6.05. The minimum absolute atomic E-state index is 0.132. The molecule has 1 N–H and O–H groups in total. The molecule has 2 aliphatic rings. The van der Waals surface area contributed by atoms with Crippen LogP contribution in [0, 0.1) is 17.8 Å². The summed E-state index contributed by atoms with van der Waals surface area (Å²) in [4.78, 5) is 11.9. The minimum atomic E-state index is 0.132. The van der Waals surface area contributed by atoms with Crippen molar-refractivity contribution < 1.29 is 4.79 Å². The molecule has 2 bridgehead atoms. The van der Waals surface area contributed by atoms with Crippen LogP contribution < -0.4 is 5.32 Å². The van der Waals surface area contributed by atoms with E-state index in [-0.39, 0.29) is 6.04 Å². The predicted molar refractivity (Wildman–Crippen MR) is 70.9 cm³/mol. The third-order valence-corrected chi connectivity index (χ3v) is 4.74. The molecule has 3 atom stereocenters. The van der Waals surface area contributed by atoms with Crippen LogP contribution in [0.5, 0.6) is 0 Å². The Hall–Kier alpha value is -0.370. The molecule has 0 aliphatic heterocycles. The molecule has 2 rings (SSSR count). The minimum Gasteiger partial charge on any atom is -0.308 e. The van der Waals surface area contributed by atoms with E-state index >= 15 is 0 Å². The van der Waals surface area contributed by atoms with E-state index < -0.39 is 0 Å². The first-order chi connectivity index (χ1) is 8.22. The molecule has 2 fully saturated rings. The van der Waals surface area contributed by atoms with Crippen LogP contribution in [0.3, 0.4) is 0 Å². The quantitative estimate of drug-likeness (QED) is 0.769. The van der Waals surface area contributed by atoms with Gasteiger partial charge in [-0.1, -0.05) is 26.7 Å². The maximum atomic E-state index is 11.9. The number of rotatable bonds is 6. The van der Waals surface area contributed by atoms with Crippen LogP contribution in [0.25, 0.3) is 0 Å². The fourth-order valence-electron chi connectivity index (χ4n) is 3.99. The number of carbonyl (C=O) groups excluding carboxylic acids is 1. The molecule has 2 heteroatoms. The van der Waals surface area contributed by atoms with E-state index in [1.165, 1.54) is 32.1 Å². The van der Waals surface area contributed by atoms with Crippen molar-refractivity contribution in [1.82, 2.24) is 5.32 Å². The van der Waals surface area contributed by atoms with E-state index in [4.69, 9.17) is 0 Å². The number of fused-ring (bicyclic) bond motifs is 2. The van der Waals surface area contributed by atoms with Crippen molar-refractivity contribution in [2.45, 2.75) is 64.8 Å². The Labute approximate surface area is 106 Å². The summed E-state index contributed by atoms with van der Waals surface area (Å²) in [5.41, 5.74) is 0. The lowest BCUT2D eigenvalue weighted by molar-refractivity contribution is -0.121. The molecular formula is C15H27NO. The number of ketones is 1. The number of carbonyl (C=O) groups is 1. The highest BCUT2D eigenvalue weighted by molar-refractivity contribution is 5.83. The van der Waals surface area contributed by atoms with E-state index in [9.17, 15) is 4.79 Å². The van der Waals surface area contributed by atoms with Crippen molar-refractivity contribution in [3.8, 4) is 0 Å². The molecule has 0 amide bonds. The van der Waals surface area contributed by atoms with Gasteiger partial charge in [-0.25, -0.2) is 0 Å². The van der Waals surface area contributed by atoms with Gasteiger partial charge in [0.2, 0.25) is 0 Å². The van der Waals surface area contributed by atoms with Crippen molar-refractivity contribution in [2.24, 2.45) is 17.8 Å².